The molecule has 68 valence electrons. The van der Waals surface area contributed by atoms with E-state index >= 15 is 0 Å². The van der Waals surface area contributed by atoms with Crippen LogP contribution in [0.2, 0.25) is 5.02 Å². The summed E-state index contributed by atoms with van der Waals surface area (Å²) in [6, 6.07) is 1.41. The third kappa shape index (κ3) is 0.862. The summed E-state index contributed by atoms with van der Waals surface area (Å²) < 4.78 is 2.56. The van der Waals surface area contributed by atoms with Crippen molar-refractivity contribution in [2.75, 3.05) is 0 Å². The van der Waals surface area contributed by atoms with Crippen molar-refractivity contribution in [3.8, 4) is 0 Å². The van der Waals surface area contributed by atoms with Gasteiger partial charge in [-0.2, -0.15) is 4.52 Å². The standard InChI is InChI=1S/C8H7ClN2O2/c1-4-3-6(12)11-8(13)7(9)5(2)10(4)11/h3H,1-2H3. The molecule has 2 heterocycles. The molecule has 0 aromatic carbocycles. The SMILES string of the molecule is Cc1cc(=O)n2c(=O)c(Cl)c(C)n12. The summed E-state index contributed by atoms with van der Waals surface area (Å²) in [6.45, 7) is 3.46. The molecule has 5 heteroatoms. The second kappa shape index (κ2) is 2.35. The quantitative estimate of drug-likeness (QED) is 0.618. The summed E-state index contributed by atoms with van der Waals surface area (Å²) in [4.78, 5) is 22.7. The van der Waals surface area contributed by atoms with Gasteiger partial charge in [0.15, 0.2) is 0 Å². The highest BCUT2D eigenvalue weighted by Gasteiger charge is 2.14. The van der Waals surface area contributed by atoms with Gasteiger partial charge in [-0.15, -0.1) is 0 Å². The second-order valence-electron chi connectivity index (χ2n) is 2.95. The van der Waals surface area contributed by atoms with E-state index in [1.165, 1.54) is 10.6 Å². The molecule has 0 amide bonds. The average Bonchev–Trinajstić information content (AvgIpc) is 2.47. The van der Waals surface area contributed by atoms with Crippen molar-refractivity contribution in [3.63, 3.8) is 0 Å². The maximum atomic E-state index is 11.4. The van der Waals surface area contributed by atoms with Crippen molar-refractivity contribution < 1.29 is 0 Å². The van der Waals surface area contributed by atoms with Crippen LogP contribution in [0.4, 0.5) is 0 Å². The Morgan fingerprint density at radius 3 is 2.38 bits per heavy atom. The number of rotatable bonds is 0. The van der Waals surface area contributed by atoms with Crippen molar-refractivity contribution in [1.29, 1.82) is 0 Å². The van der Waals surface area contributed by atoms with E-state index in [9.17, 15) is 9.59 Å². The molecular formula is C8H7ClN2O2. The summed E-state index contributed by atoms with van der Waals surface area (Å²) in [5, 5.41) is 0.112. The Labute approximate surface area is 78.3 Å². The third-order valence-corrected chi connectivity index (χ3v) is 2.53. The van der Waals surface area contributed by atoms with E-state index in [0.717, 1.165) is 4.52 Å². The van der Waals surface area contributed by atoms with Crippen molar-refractivity contribution in [3.05, 3.63) is 43.2 Å². The fourth-order valence-electron chi connectivity index (χ4n) is 1.50. The van der Waals surface area contributed by atoms with Gasteiger partial charge < -0.3 is 0 Å². The number of hydrogen-bond donors (Lipinski definition) is 0. The van der Waals surface area contributed by atoms with Crippen LogP contribution >= 0.6 is 11.6 Å². The van der Waals surface area contributed by atoms with Gasteiger partial charge >= 0.3 is 0 Å². The largest absolute Gasteiger partial charge is 0.293 e. The lowest BCUT2D eigenvalue weighted by Crippen LogP contribution is -2.21. The molecule has 0 aliphatic carbocycles. The van der Waals surface area contributed by atoms with E-state index in [-0.39, 0.29) is 10.6 Å². The first-order chi connectivity index (χ1) is 6.04. The van der Waals surface area contributed by atoms with Crippen molar-refractivity contribution in [2.45, 2.75) is 13.8 Å². The number of aryl methyl sites for hydroxylation is 2. The highest BCUT2D eigenvalue weighted by Crippen LogP contribution is 2.10. The molecule has 4 nitrogen and oxygen atoms in total. The average molecular weight is 199 g/mol. The molecule has 0 aliphatic rings. The first kappa shape index (κ1) is 8.31. The zero-order chi connectivity index (χ0) is 9.75. The monoisotopic (exact) mass is 198 g/mol. The summed E-state index contributed by atoms with van der Waals surface area (Å²) in [6.07, 6.45) is 0. The van der Waals surface area contributed by atoms with Crippen LogP contribution in [0, 0.1) is 13.8 Å². The van der Waals surface area contributed by atoms with Crippen molar-refractivity contribution in [2.24, 2.45) is 0 Å². The Balaban J connectivity index is 3.24. The van der Waals surface area contributed by atoms with Crippen molar-refractivity contribution >= 4 is 11.6 Å². The van der Waals surface area contributed by atoms with Gasteiger partial charge in [0.25, 0.3) is 11.1 Å². The lowest BCUT2D eigenvalue weighted by molar-refractivity contribution is 0.768. The van der Waals surface area contributed by atoms with Gasteiger partial charge in [-0.1, -0.05) is 11.6 Å². The third-order valence-electron chi connectivity index (χ3n) is 2.09. The van der Waals surface area contributed by atoms with E-state index in [0.29, 0.717) is 11.4 Å². The Hall–Kier alpha value is -1.29. The molecule has 0 spiro atoms. The topological polar surface area (TPSA) is 43.0 Å². The van der Waals surface area contributed by atoms with E-state index < -0.39 is 5.56 Å². The number of fused-ring (bicyclic) bond motifs is 1. The zero-order valence-corrected chi connectivity index (χ0v) is 7.92. The van der Waals surface area contributed by atoms with Gasteiger partial charge in [0.1, 0.15) is 5.02 Å². The molecule has 2 rings (SSSR count). The van der Waals surface area contributed by atoms with Crippen LogP contribution in [0.25, 0.3) is 0 Å². The Bertz CT molecular complexity index is 582. The van der Waals surface area contributed by atoms with Gasteiger partial charge in [0.05, 0.1) is 5.69 Å². The normalized spacial score (nSPS) is 11.3. The molecule has 0 radical (unpaired) electrons. The van der Waals surface area contributed by atoms with Gasteiger partial charge in [-0.05, 0) is 13.8 Å². The molecular weight excluding hydrogens is 192 g/mol. The number of hydrogen-bond acceptors (Lipinski definition) is 2. The molecule has 0 saturated heterocycles. The fraction of sp³-hybridized carbons (Fsp3) is 0.250. The maximum Gasteiger partial charge on any atom is 0.293 e. The highest BCUT2D eigenvalue weighted by atomic mass is 35.5. The molecule has 0 aliphatic heterocycles. The van der Waals surface area contributed by atoms with E-state index in [1.54, 1.807) is 13.8 Å². The molecule has 0 bridgehead atoms. The van der Waals surface area contributed by atoms with Crippen LogP contribution in [0.1, 0.15) is 11.4 Å². The molecule has 0 fully saturated rings. The second-order valence-corrected chi connectivity index (χ2v) is 3.33. The number of aromatic nitrogens is 2. The summed E-state index contributed by atoms with van der Waals surface area (Å²) >= 11 is 5.71. The summed E-state index contributed by atoms with van der Waals surface area (Å²) in [7, 11) is 0. The summed E-state index contributed by atoms with van der Waals surface area (Å²) in [5.74, 6) is 0. The van der Waals surface area contributed by atoms with Gasteiger partial charge in [0.2, 0.25) is 0 Å². The minimum atomic E-state index is -0.447. The van der Waals surface area contributed by atoms with E-state index in [2.05, 4.69) is 0 Å². The van der Waals surface area contributed by atoms with Crippen LogP contribution in [0.3, 0.4) is 0 Å². The Kier molecular flexibility index (Phi) is 1.51. The lowest BCUT2D eigenvalue weighted by atomic mass is 10.4. The number of nitrogens with zero attached hydrogens (tertiary/aromatic N) is 2. The Morgan fingerprint density at radius 2 is 1.85 bits per heavy atom. The predicted octanol–water partition coefficient (Wildman–Crippen LogP) is 0.467. The van der Waals surface area contributed by atoms with Crippen LogP contribution in [-0.4, -0.2) is 9.03 Å². The molecule has 0 N–H and O–H groups in total. The van der Waals surface area contributed by atoms with Gasteiger partial charge in [-0.3, -0.25) is 14.1 Å². The molecule has 2 aromatic heterocycles. The van der Waals surface area contributed by atoms with E-state index in [4.69, 9.17) is 11.6 Å². The first-order valence-corrected chi connectivity index (χ1v) is 4.15. The van der Waals surface area contributed by atoms with Crippen LogP contribution in [0.15, 0.2) is 15.7 Å². The molecule has 0 atom stereocenters. The molecule has 0 saturated carbocycles. The highest BCUT2D eigenvalue weighted by molar-refractivity contribution is 6.31. The Morgan fingerprint density at radius 1 is 1.23 bits per heavy atom. The summed E-state index contributed by atoms with van der Waals surface area (Å²) in [5.41, 5.74) is 0.535. The molecule has 0 unspecified atom stereocenters. The minimum Gasteiger partial charge on any atom is -0.267 e. The zero-order valence-electron chi connectivity index (χ0n) is 7.17. The van der Waals surface area contributed by atoms with Gasteiger partial charge in [-0.25, -0.2) is 0 Å². The van der Waals surface area contributed by atoms with Crippen LogP contribution < -0.4 is 11.1 Å². The molecule has 2 aromatic rings. The number of halogens is 1. The van der Waals surface area contributed by atoms with Gasteiger partial charge in [0, 0.05) is 11.8 Å². The van der Waals surface area contributed by atoms with Crippen LogP contribution in [-0.2, 0) is 0 Å². The van der Waals surface area contributed by atoms with E-state index in [1.807, 2.05) is 0 Å². The predicted molar refractivity (Wildman–Crippen MR) is 49.1 cm³/mol. The van der Waals surface area contributed by atoms with Crippen molar-refractivity contribution in [1.82, 2.24) is 9.03 Å². The van der Waals surface area contributed by atoms with Crippen LogP contribution in [0.5, 0.6) is 0 Å². The molecule has 13 heavy (non-hydrogen) atoms. The fourth-order valence-corrected chi connectivity index (χ4v) is 1.66. The first-order valence-electron chi connectivity index (χ1n) is 3.77. The minimum absolute atomic E-state index is 0.112. The smallest absolute Gasteiger partial charge is 0.267 e. The maximum absolute atomic E-state index is 11.4. The lowest BCUT2D eigenvalue weighted by Gasteiger charge is -1.92.